The van der Waals surface area contributed by atoms with Crippen molar-refractivity contribution < 1.29 is 43.1 Å². The average molecular weight is 493 g/mol. The fourth-order valence-corrected chi connectivity index (χ4v) is 3.01. The molecule has 0 saturated heterocycles. The van der Waals surface area contributed by atoms with E-state index in [1.807, 2.05) is 0 Å². The molecule has 0 fully saturated rings. The summed E-state index contributed by atoms with van der Waals surface area (Å²) in [5, 5.41) is 8.46. The minimum Gasteiger partial charge on any atom is -0.481 e. The monoisotopic (exact) mass is 492 g/mol. The molecule has 202 valence electrons. The lowest BCUT2D eigenvalue weighted by molar-refractivity contribution is -0.145. The van der Waals surface area contributed by atoms with Crippen molar-refractivity contribution in [1.82, 2.24) is 0 Å². The van der Waals surface area contributed by atoms with E-state index in [-0.39, 0.29) is 25.6 Å². The van der Waals surface area contributed by atoms with Gasteiger partial charge in [0.25, 0.3) is 0 Å². The number of hydrogen-bond acceptors (Lipinski definition) is 8. The first-order valence-electron chi connectivity index (χ1n) is 12.9. The summed E-state index contributed by atoms with van der Waals surface area (Å²) in [6.45, 7) is 6.61. The van der Waals surface area contributed by atoms with E-state index in [2.05, 4.69) is 6.92 Å². The molecule has 0 aliphatic rings. The third kappa shape index (κ3) is 28.8. The van der Waals surface area contributed by atoms with Crippen molar-refractivity contribution in [3.8, 4) is 0 Å². The van der Waals surface area contributed by atoms with E-state index in [1.165, 1.54) is 44.9 Å². The molecule has 0 rings (SSSR count). The number of carbonyl (C=O) groups is 2. The van der Waals surface area contributed by atoms with E-state index >= 15 is 0 Å². The van der Waals surface area contributed by atoms with Crippen LogP contribution >= 0.6 is 0 Å². The smallest absolute Gasteiger partial charge is 0.305 e. The van der Waals surface area contributed by atoms with Crippen LogP contribution in [0, 0.1) is 0 Å². The van der Waals surface area contributed by atoms with Gasteiger partial charge in [0.2, 0.25) is 0 Å². The lowest BCUT2D eigenvalue weighted by atomic mass is 10.1. The molecule has 34 heavy (non-hydrogen) atoms. The number of rotatable bonds is 28. The van der Waals surface area contributed by atoms with E-state index in [0.29, 0.717) is 65.9 Å². The van der Waals surface area contributed by atoms with Gasteiger partial charge in [0.15, 0.2) is 0 Å². The van der Waals surface area contributed by atoms with Crippen LogP contribution in [-0.2, 0) is 38.0 Å². The number of ether oxygens (including phenoxy) is 6. The molecule has 0 heterocycles. The number of hydrogen-bond donors (Lipinski definition) is 1. The number of carboxylic acids is 1. The summed E-state index contributed by atoms with van der Waals surface area (Å²) < 4.78 is 31.7. The zero-order chi connectivity index (χ0) is 25.0. The maximum atomic E-state index is 11.7. The molecule has 0 aromatic rings. The van der Waals surface area contributed by atoms with Gasteiger partial charge >= 0.3 is 11.9 Å². The van der Waals surface area contributed by atoms with Crippen molar-refractivity contribution in [2.45, 2.75) is 77.6 Å². The van der Waals surface area contributed by atoms with Crippen molar-refractivity contribution >= 4 is 11.9 Å². The van der Waals surface area contributed by atoms with Crippen LogP contribution in [0.25, 0.3) is 0 Å². The molecule has 0 aliphatic heterocycles. The quantitative estimate of drug-likeness (QED) is 0.128. The first-order chi connectivity index (χ1) is 16.7. The highest BCUT2D eigenvalue weighted by atomic mass is 16.6. The molecule has 9 nitrogen and oxygen atoms in total. The van der Waals surface area contributed by atoms with E-state index in [4.69, 9.17) is 33.5 Å². The highest BCUT2D eigenvalue weighted by molar-refractivity contribution is 5.69. The van der Waals surface area contributed by atoms with E-state index in [0.717, 1.165) is 12.8 Å². The Kier molecular flexibility index (Phi) is 26.9. The first kappa shape index (κ1) is 32.7. The summed E-state index contributed by atoms with van der Waals surface area (Å²) in [6.07, 6.45) is 11.6. The van der Waals surface area contributed by atoms with Crippen LogP contribution in [0.2, 0.25) is 0 Å². The Morgan fingerprint density at radius 2 is 0.882 bits per heavy atom. The standard InChI is InChI=1S/C25H48O9/c1-2-3-4-5-6-7-8-9-10-11-25(28)34-23-22-33-21-20-32-19-18-31-17-16-30-15-14-29-13-12-24(26)27/h2-23H2,1H3,(H,26,27). The Labute approximate surface area is 205 Å². The summed E-state index contributed by atoms with van der Waals surface area (Å²) in [5.74, 6) is -1.02. The van der Waals surface area contributed by atoms with Gasteiger partial charge in [0, 0.05) is 6.42 Å². The molecule has 0 aromatic carbocycles. The van der Waals surface area contributed by atoms with Crippen LogP contribution in [0.4, 0.5) is 0 Å². The van der Waals surface area contributed by atoms with Gasteiger partial charge in [-0.15, -0.1) is 0 Å². The second kappa shape index (κ2) is 28.0. The van der Waals surface area contributed by atoms with Gasteiger partial charge in [-0.25, -0.2) is 0 Å². The summed E-state index contributed by atoms with van der Waals surface area (Å²) >= 11 is 0. The molecule has 9 heteroatoms. The summed E-state index contributed by atoms with van der Waals surface area (Å²) in [4.78, 5) is 22.0. The van der Waals surface area contributed by atoms with E-state index in [1.54, 1.807) is 0 Å². The highest BCUT2D eigenvalue weighted by Crippen LogP contribution is 2.10. The summed E-state index contributed by atoms with van der Waals surface area (Å²) in [5.41, 5.74) is 0. The van der Waals surface area contributed by atoms with Gasteiger partial charge in [-0.3, -0.25) is 9.59 Å². The number of carboxylic acid groups (broad SMARTS) is 1. The van der Waals surface area contributed by atoms with Gasteiger partial charge in [0.1, 0.15) is 6.61 Å². The van der Waals surface area contributed by atoms with Crippen LogP contribution in [0.15, 0.2) is 0 Å². The Balaban J connectivity index is 3.14. The van der Waals surface area contributed by atoms with E-state index < -0.39 is 5.97 Å². The van der Waals surface area contributed by atoms with Crippen LogP contribution in [0.3, 0.4) is 0 Å². The van der Waals surface area contributed by atoms with Crippen molar-refractivity contribution in [2.75, 3.05) is 72.7 Å². The molecular weight excluding hydrogens is 444 g/mol. The predicted octanol–water partition coefficient (Wildman–Crippen LogP) is 4.01. The molecule has 0 amide bonds. The molecule has 0 radical (unpaired) electrons. The molecule has 0 aliphatic carbocycles. The maximum Gasteiger partial charge on any atom is 0.305 e. The van der Waals surface area contributed by atoms with Gasteiger partial charge < -0.3 is 33.5 Å². The van der Waals surface area contributed by atoms with Crippen molar-refractivity contribution in [3.63, 3.8) is 0 Å². The van der Waals surface area contributed by atoms with E-state index in [9.17, 15) is 9.59 Å². The van der Waals surface area contributed by atoms with Gasteiger partial charge in [-0.05, 0) is 6.42 Å². The molecule has 0 atom stereocenters. The van der Waals surface area contributed by atoms with Crippen molar-refractivity contribution in [3.05, 3.63) is 0 Å². The SMILES string of the molecule is CCCCCCCCCCCC(=O)OCCOCCOCCOCCOCCOCCC(=O)O. The second-order valence-electron chi connectivity index (χ2n) is 8.00. The minimum atomic E-state index is -0.872. The number of esters is 1. The molecular formula is C25H48O9. The molecule has 0 saturated carbocycles. The fourth-order valence-electron chi connectivity index (χ4n) is 3.01. The minimum absolute atomic E-state index is 0.00104. The van der Waals surface area contributed by atoms with Crippen LogP contribution in [0.5, 0.6) is 0 Å². The van der Waals surface area contributed by atoms with Gasteiger partial charge in [-0.1, -0.05) is 58.3 Å². The second-order valence-corrected chi connectivity index (χ2v) is 8.00. The average Bonchev–Trinajstić information content (AvgIpc) is 2.82. The Morgan fingerprint density at radius 1 is 0.500 bits per heavy atom. The Morgan fingerprint density at radius 3 is 1.32 bits per heavy atom. The zero-order valence-corrected chi connectivity index (χ0v) is 21.3. The highest BCUT2D eigenvalue weighted by Gasteiger charge is 2.02. The van der Waals surface area contributed by atoms with Crippen LogP contribution in [0.1, 0.15) is 77.6 Å². The molecule has 0 unspecified atom stereocenters. The maximum absolute atomic E-state index is 11.7. The number of aliphatic carboxylic acids is 1. The fraction of sp³-hybridized carbons (Fsp3) is 0.920. The first-order valence-corrected chi connectivity index (χ1v) is 12.9. The third-order valence-corrected chi connectivity index (χ3v) is 4.92. The van der Waals surface area contributed by atoms with Crippen LogP contribution < -0.4 is 0 Å². The zero-order valence-electron chi connectivity index (χ0n) is 21.3. The van der Waals surface area contributed by atoms with Crippen LogP contribution in [-0.4, -0.2) is 89.7 Å². The number of carbonyl (C=O) groups excluding carboxylic acids is 1. The van der Waals surface area contributed by atoms with Crippen molar-refractivity contribution in [2.24, 2.45) is 0 Å². The molecule has 0 aromatic heterocycles. The predicted molar refractivity (Wildman–Crippen MR) is 129 cm³/mol. The van der Waals surface area contributed by atoms with Gasteiger partial charge in [0.05, 0.1) is 72.5 Å². The third-order valence-electron chi connectivity index (χ3n) is 4.92. The lowest BCUT2D eigenvalue weighted by Gasteiger charge is -2.08. The Bertz CT molecular complexity index is 446. The number of unbranched alkanes of at least 4 members (excludes halogenated alkanes) is 8. The summed E-state index contributed by atoms with van der Waals surface area (Å²) in [6, 6.07) is 0. The molecule has 0 bridgehead atoms. The molecule has 1 N–H and O–H groups in total. The van der Waals surface area contributed by atoms with Gasteiger partial charge in [-0.2, -0.15) is 0 Å². The topological polar surface area (TPSA) is 110 Å². The lowest BCUT2D eigenvalue weighted by Crippen LogP contribution is -2.15. The normalized spacial score (nSPS) is 11.1. The Hall–Kier alpha value is -1.26. The largest absolute Gasteiger partial charge is 0.481 e. The molecule has 0 spiro atoms. The van der Waals surface area contributed by atoms with Crippen molar-refractivity contribution in [1.29, 1.82) is 0 Å². The summed E-state index contributed by atoms with van der Waals surface area (Å²) in [7, 11) is 0.